The highest BCUT2D eigenvalue weighted by Gasteiger charge is 2.21. The zero-order valence-corrected chi connectivity index (χ0v) is 15.2. The Morgan fingerprint density at radius 1 is 1.23 bits per heavy atom. The van der Waals surface area contributed by atoms with Crippen molar-refractivity contribution < 1.29 is 9.59 Å². The van der Waals surface area contributed by atoms with Crippen molar-refractivity contribution in [2.75, 3.05) is 24.1 Å². The van der Waals surface area contributed by atoms with Crippen LogP contribution in [0.15, 0.2) is 30.3 Å². The molecule has 3 amide bonds. The summed E-state index contributed by atoms with van der Waals surface area (Å²) in [5.74, 6) is -0.206. The Balaban J connectivity index is 1.86. The number of anilines is 2. The summed E-state index contributed by atoms with van der Waals surface area (Å²) in [5.41, 5.74) is 13.0. The Hall–Kier alpha value is -2.58. The minimum atomic E-state index is -0.702. The van der Waals surface area contributed by atoms with E-state index in [1.54, 1.807) is 12.1 Å². The van der Waals surface area contributed by atoms with E-state index in [0.717, 1.165) is 42.8 Å². The third-order valence-electron chi connectivity index (χ3n) is 4.25. The second-order valence-electron chi connectivity index (χ2n) is 6.34. The third-order valence-corrected chi connectivity index (χ3v) is 5.43. The van der Waals surface area contributed by atoms with Crippen LogP contribution in [0.3, 0.4) is 0 Å². The van der Waals surface area contributed by atoms with Crippen LogP contribution in [0, 0.1) is 0 Å². The van der Waals surface area contributed by atoms with Gasteiger partial charge in [0.05, 0.1) is 5.69 Å². The summed E-state index contributed by atoms with van der Waals surface area (Å²) in [7, 11) is 0. The molecule has 0 aliphatic carbocycles. The van der Waals surface area contributed by atoms with E-state index in [-0.39, 0.29) is 11.9 Å². The highest BCUT2D eigenvalue weighted by molar-refractivity contribution is 7.18. The molecule has 1 aromatic carbocycles. The standard InChI is InChI=1S/C18H23N5O2S/c19-12-5-3-4-11(8-12)15-9-14(23-18(20)25)16(26-15)17(24)22-13-6-1-2-7-21-10-13/h3-5,8-9,13,21H,1-2,6-7,10,19H2,(H,22,24)(H3,20,23,25)/t13-/m0/s1. The fourth-order valence-electron chi connectivity index (χ4n) is 3.01. The van der Waals surface area contributed by atoms with E-state index in [9.17, 15) is 9.59 Å². The molecule has 2 aromatic rings. The number of primary amides is 1. The first kappa shape index (κ1) is 18.2. The zero-order chi connectivity index (χ0) is 18.5. The van der Waals surface area contributed by atoms with Gasteiger partial charge in [-0.1, -0.05) is 18.6 Å². The average Bonchev–Trinajstić information content (AvgIpc) is 2.83. The molecular weight excluding hydrogens is 350 g/mol. The Bertz CT molecular complexity index is 797. The van der Waals surface area contributed by atoms with Gasteiger partial charge in [-0.05, 0) is 43.1 Å². The van der Waals surface area contributed by atoms with Gasteiger partial charge >= 0.3 is 6.03 Å². The number of benzene rings is 1. The lowest BCUT2D eigenvalue weighted by Gasteiger charge is -2.16. The van der Waals surface area contributed by atoms with Crippen molar-refractivity contribution in [2.45, 2.75) is 25.3 Å². The monoisotopic (exact) mass is 373 g/mol. The molecule has 0 saturated carbocycles. The summed E-state index contributed by atoms with van der Waals surface area (Å²) >= 11 is 1.31. The Morgan fingerprint density at radius 2 is 2.08 bits per heavy atom. The van der Waals surface area contributed by atoms with Crippen LogP contribution in [-0.4, -0.2) is 31.1 Å². The van der Waals surface area contributed by atoms with Gasteiger partial charge in [0.25, 0.3) is 5.91 Å². The van der Waals surface area contributed by atoms with Crippen LogP contribution >= 0.6 is 11.3 Å². The van der Waals surface area contributed by atoms with Crippen molar-refractivity contribution in [3.05, 3.63) is 35.2 Å². The van der Waals surface area contributed by atoms with E-state index in [1.807, 2.05) is 18.2 Å². The lowest BCUT2D eigenvalue weighted by molar-refractivity contribution is 0.0940. The summed E-state index contributed by atoms with van der Waals surface area (Å²) in [6.07, 6.45) is 3.12. The summed E-state index contributed by atoms with van der Waals surface area (Å²) in [6, 6.07) is 8.51. The zero-order valence-electron chi connectivity index (χ0n) is 14.4. The van der Waals surface area contributed by atoms with E-state index in [1.165, 1.54) is 11.3 Å². The number of urea groups is 1. The molecule has 0 radical (unpaired) electrons. The second kappa shape index (κ2) is 8.20. The fraction of sp³-hybridized carbons (Fsp3) is 0.333. The van der Waals surface area contributed by atoms with Crippen LogP contribution in [0.25, 0.3) is 10.4 Å². The van der Waals surface area contributed by atoms with Crippen LogP contribution < -0.4 is 27.4 Å². The Kier molecular flexibility index (Phi) is 5.75. The molecule has 3 rings (SSSR count). The SMILES string of the molecule is NC(=O)Nc1cc(-c2cccc(N)c2)sc1C(=O)N[C@H]1CCCCNC1. The molecule has 7 N–H and O–H groups in total. The number of nitrogen functional groups attached to an aromatic ring is 1. The number of hydrogen-bond donors (Lipinski definition) is 5. The molecular formula is C18H23N5O2S. The molecule has 0 spiro atoms. The molecule has 138 valence electrons. The Labute approximate surface area is 156 Å². The predicted octanol–water partition coefficient (Wildman–Crippen LogP) is 2.36. The number of thiophene rings is 1. The average molecular weight is 373 g/mol. The fourth-order valence-corrected chi connectivity index (χ4v) is 4.03. The van der Waals surface area contributed by atoms with E-state index in [0.29, 0.717) is 16.3 Å². The van der Waals surface area contributed by atoms with Crippen LogP contribution in [0.4, 0.5) is 16.2 Å². The first-order chi connectivity index (χ1) is 12.5. The number of rotatable bonds is 4. The van der Waals surface area contributed by atoms with Gasteiger partial charge in [-0.15, -0.1) is 11.3 Å². The summed E-state index contributed by atoms with van der Waals surface area (Å²) in [5, 5.41) is 8.93. The summed E-state index contributed by atoms with van der Waals surface area (Å²) < 4.78 is 0. The van der Waals surface area contributed by atoms with Crippen molar-refractivity contribution in [3.63, 3.8) is 0 Å². The molecule has 1 atom stereocenters. The first-order valence-corrected chi connectivity index (χ1v) is 9.42. The minimum Gasteiger partial charge on any atom is -0.399 e. The number of amides is 3. The van der Waals surface area contributed by atoms with E-state index in [4.69, 9.17) is 11.5 Å². The van der Waals surface area contributed by atoms with Gasteiger partial charge < -0.3 is 27.4 Å². The number of carbonyl (C=O) groups excluding carboxylic acids is 2. The van der Waals surface area contributed by atoms with Crippen molar-refractivity contribution >= 4 is 34.6 Å². The number of nitrogens with two attached hydrogens (primary N) is 2. The maximum atomic E-state index is 12.8. The molecule has 1 aromatic heterocycles. The van der Waals surface area contributed by atoms with E-state index >= 15 is 0 Å². The predicted molar refractivity (Wildman–Crippen MR) is 105 cm³/mol. The van der Waals surface area contributed by atoms with E-state index < -0.39 is 6.03 Å². The van der Waals surface area contributed by atoms with Gasteiger partial charge in [0.1, 0.15) is 4.88 Å². The molecule has 1 aliphatic rings. The molecule has 1 aliphatic heterocycles. The highest BCUT2D eigenvalue weighted by atomic mass is 32.1. The molecule has 26 heavy (non-hydrogen) atoms. The molecule has 0 bridgehead atoms. The molecule has 1 saturated heterocycles. The van der Waals surface area contributed by atoms with Gasteiger partial charge in [0.2, 0.25) is 0 Å². The highest BCUT2D eigenvalue weighted by Crippen LogP contribution is 2.35. The van der Waals surface area contributed by atoms with E-state index in [2.05, 4.69) is 16.0 Å². The van der Waals surface area contributed by atoms with Gasteiger partial charge in [-0.2, -0.15) is 0 Å². The quantitative estimate of drug-likeness (QED) is 0.528. The molecule has 2 heterocycles. The van der Waals surface area contributed by atoms with Crippen molar-refractivity contribution in [3.8, 4) is 10.4 Å². The van der Waals surface area contributed by atoms with Crippen molar-refractivity contribution in [2.24, 2.45) is 5.73 Å². The van der Waals surface area contributed by atoms with Crippen LogP contribution in [-0.2, 0) is 0 Å². The van der Waals surface area contributed by atoms with Crippen LogP contribution in [0.1, 0.15) is 28.9 Å². The number of hydrogen-bond acceptors (Lipinski definition) is 5. The lowest BCUT2D eigenvalue weighted by Crippen LogP contribution is -2.40. The first-order valence-electron chi connectivity index (χ1n) is 8.60. The van der Waals surface area contributed by atoms with Crippen LogP contribution in [0.2, 0.25) is 0 Å². The number of nitrogens with one attached hydrogen (secondary N) is 3. The van der Waals surface area contributed by atoms with Crippen molar-refractivity contribution in [1.29, 1.82) is 0 Å². The minimum absolute atomic E-state index is 0.0735. The lowest BCUT2D eigenvalue weighted by atomic mass is 10.1. The summed E-state index contributed by atoms with van der Waals surface area (Å²) in [4.78, 5) is 25.4. The largest absolute Gasteiger partial charge is 0.399 e. The normalized spacial score (nSPS) is 17.3. The topological polar surface area (TPSA) is 122 Å². The maximum absolute atomic E-state index is 12.8. The smallest absolute Gasteiger partial charge is 0.316 e. The van der Waals surface area contributed by atoms with Gasteiger partial charge in [0.15, 0.2) is 0 Å². The van der Waals surface area contributed by atoms with Gasteiger partial charge in [-0.3, -0.25) is 4.79 Å². The van der Waals surface area contributed by atoms with Crippen molar-refractivity contribution in [1.82, 2.24) is 10.6 Å². The number of carbonyl (C=O) groups is 2. The summed E-state index contributed by atoms with van der Waals surface area (Å²) in [6.45, 7) is 1.72. The third kappa shape index (κ3) is 4.53. The Morgan fingerprint density at radius 3 is 2.85 bits per heavy atom. The second-order valence-corrected chi connectivity index (χ2v) is 7.39. The molecule has 0 unspecified atom stereocenters. The molecule has 8 heteroatoms. The van der Waals surface area contributed by atoms with Gasteiger partial charge in [-0.25, -0.2) is 4.79 Å². The molecule has 1 fully saturated rings. The van der Waals surface area contributed by atoms with Gasteiger partial charge in [0, 0.05) is 23.2 Å². The maximum Gasteiger partial charge on any atom is 0.316 e. The molecule has 7 nitrogen and oxygen atoms in total. The van der Waals surface area contributed by atoms with Crippen LogP contribution in [0.5, 0.6) is 0 Å².